The summed E-state index contributed by atoms with van der Waals surface area (Å²) in [5, 5.41) is 8.97. The van der Waals surface area contributed by atoms with Gasteiger partial charge in [-0.3, -0.25) is 0 Å². The molecule has 0 spiro atoms. The van der Waals surface area contributed by atoms with Crippen molar-refractivity contribution in [3.63, 3.8) is 0 Å². The van der Waals surface area contributed by atoms with Crippen molar-refractivity contribution in [3.05, 3.63) is 76.5 Å². The van der Waals surface area contributed by atoms with Crippen LogP contribution in [-0.4, -0.2) is 28.6 Å². The van der Waals surface area contributed by atoms with Crippen LogP contribution in [0.5, 0.6) is 0 Å². The van der Waals surface area contributed by atoms with Gasteiger partial charge in [-0.15, -0.1) is 11.3 Å². The molecule has 0 amide bonds. The molecule has 0 aliphatic carbocycles. The molecule has 0 saturated heterocycles. The molecule has 0 fully saturated rings. The number of aliphatic imine (C=N–C) groups is 1. The SMILES string of the molecule is CCNC(=NCc1ccc(Cn2ccnc2)cc1)NCC(C)(C)c1cccs1. The lowest BCUT2D eigenvalue weighted by Crippen LogP contribution is -2.43. The zero-order valence-electron chi connectivity index (χ0n) is 16.9. The van der Waals surface area contributed by atoms with Crippen molar-refractivity contribution in [1.29, 1.82) is 0 Å². The summed E-state index contributed by atoms with van der Waals surface area (Å²) in [7, 11) is 0. The van der Waals surface area contributed by atoms with Gasteiger partial charge in [-0.05, 0) is 29.5 Å². The highest BCUT2D eigenvalue weighted by Crippen LogP contribution is 2.26. The molecule has 3 rings (SSSR count). The van der Waals surface area contributed by atoms with Gasteiger partial charge < -0.3 is 15.2 Å². The molecule has 0 radical (unpaired) electrons. The Kier molecular flexibility index (Phi) is 6.87. The van der Waals surface area contributed by atoms with Gasteiger partial charge in [-0.2, -0.15) is 0 Å². The molecule has 3 aromatic rings. The molecule has 0 unspecified atom stereocenters. The maximum Gasteiger partial charge on any atom is 0.191 e. The first kappa shape index (κ1) is 20.1. The summed E-state index contributed by atoms with van der Waals surface area (Å²) >= 11 is 1.80. The van der Waals surface area contributed by atoms with Gasteiger partial charge in [0, 0.05) is 42.3 Å². The second-order valence-corrected chi connectivity index (χ2v) is 8.41. The van der Waals surface area contributed by atoms with Crippen LogP contribution in [0.2, 0.25) is 0 Å². The second-order valence-electron chi connectivity index (χ2n) is 7.46. The van der Waals surface area contributed by atoms with Gasteiger partial charge in [0.25, 0.3) is 0 Å². The average Bonchev–Trinajstić information content (AvgIpc) is 3.39. The maximum atomic E-state index is 4.76. The van der Waals surface area contributed by atoms with E-state index in [9.17, 15) is 0 Å². The number of hydrogen-bond donors (Lipinski definition) is 2. The molecular weight excluding hydrogens is 366 g/mol. The highest BCUT2D eigenvalue weighted by atomic mass is 32.1. The molecule has 0 saturated carbocycles. The zero-order valence-corrected chi connectivity index (χ0v) is 17.7. The lowest BCUT2D eigenvalue weighted by molar-refractivity contribution is 0.518. The Hall–Kier alpha value is -2.60. The lowest BCUT2D eigenvalue weighted by atomic mass is 9.91. The smallest absolute Gasteiger partial charge is 0.191 e. The summed E-state index contributed by atoms with van der Waals surface area (Å²) in [5.41, 5.74) is 2.52. The number of thiophene rings is 1. The summed E-state index contributed by atoms with van der Waals surface area (Å²) in [5.74, 6) is 0.856. The van der Waals surface area contributed by atoms with Crippen LogP contribution in [0.15, 0.2) is 65.5 Å². The van der Waals surface area contributed by atoms with E-state index in [1.807, 2.05) is 12.5 Å². The summed E-state index contributed by atoms with van der Waals surface area (Å²) in [4.78, 5) is 10.2. The third kappa shape index (κ3) is 5.70. The molecule has 28 heavy (non-hydrogen) atoms. The van der Waals surface area contributed by atoms with Gasteiger partial charge in [0.15, 0.2) is 5.96 Å². The number of benzene rings is 1. The molecule has 148 valence electrons. The normalized spacial score (nSPS) is 12.2. The molecular formula is C22H29N5S. The van der Waals surface area contributed by atoms with Gasteiger partial charge in [-0.25, -0.2) is 9.98 Å². The number of imidazole rings is 1. The molecule has 2 N–H and O–H groups in total. The Morgan fingerprint density at radius 3 is 2.57 bits per heavy atom. The highest BCUT2D eigenvalue weighted by molar-refractivity contribution is 7.10. The Morgan fingerprint density at radius 1 is 1.14 bits per heavy atom. The van der Waals surface area contributed by atoms with Crippen molar-refractivity contribution >= 4 is 17.3 Å². The number of guanidine groups is 1. The lowest BCUT2D eigenvalue weighted by Gasteiger charge is -2.25. The largest absolute Gasteiger partial charge is 0.357 e. The predicted octanol–water partition coefficient (Wildman–Crippen LogP) is 4.03. The molecule has 5 nitrogen and oxygen atoms in total. The Labute approximate surface area is 171 Å². The Bertz CT molecular complexity index is 849. The quantitative estimate of drug-likeness (QED) is 0.447. The molecule has 0 aliphatic rings. The summed E-state index contributed by atoms with van der Waals surface area (Å²) in [6.07, 6.45) is 5.62. The first-order valence-corrected chi connectivity index (χ1v) is 10.5. The molecule has 0 aliphatic heterocycles. The van der Waals surface area contributed by atoms with Gasteiger partial charge in [0.2, 0.25) is 0 Å². The van der Waals surface area contributed by atoms with Gasteiger partial charge >= 0.3 is 0 Å². The van der Waals surface area contributed by atoms with Crippen molar-refractivity contribution in [2.75, 3.05) is 13.1 Å². The zero-order chi connectivity index (χ0) is 19.8. The third-order valence-electron chi connectivity index (χ3n) is 4.60. The van der Waals surface area contributed by atoms with E-state index in [4.69, 9.17) is 4.99 Å². The van der Waals surface area contributed by atoms with Crippen LogP contribution < -0.4 is 10.6 Å². The predicted molar refractivity (Wildman–Crippen MR) is 118 cm³/mol. The third-order valence-corrected chi connectivity index (χ3v) is 5.83. The van der Waals surface area contributed by atoms with Crippen LogP contribution in [0.3, 0.4) is 0 Å². The first-order chi connectivity index (χ1) is 13.6. The molecule has 2 aromatic heterocycles. The van der Waals surface area contributed by atoms with E-state index in [0.717, 1.165) is 25.6 Å². The van der Waals surface area contributed by atoms with E-state index in [-0.39, 0.29) is 5.41 Å². The molecule has 6 heteroatoms. The van der Waals surface area contributed by atoms with Crippen molar-refractivity contribution in [3.8, 4) is 0 Å². The van der Waals surface area contributed by atoms with E-state index in [2.05, 4.69) is 82.7 Å². The highest BCUT2D eigenvalue weighted by Gasteiger charge is 2.21. The summed E-state index contributed by atoms with van der Waals surface area (Å²) in [6, 6.07) is 12.9. The summed E-state index contributed by atoms with van der Waals surface area (Å²) < 4.78 is 2.07. The Morgan fingerprint density at radius 2 is 1.93 bits per heavy atom. The van der Waals surface area contributed by atoms with Crippen molar-refractivity contribution in [2.45, 2.75) is 39.3 Å². The van der Waals surface area contributed by atoms with Crippen molar-refractivity contribution < 1.29 is 0 Å². The van der Waals surface area contributed by atoms with E-state index in [1.54, 1.807) is 17.5 Å². The minimum Gasteiger partial charge on any atom is -0.357 e. The fourth-order valence-corrected chi connectivity index (χ4v) is 3.76. The molecule has 0 bridgehead atoms. The average molecular weight is 396 g/mol. The van der Waals surface area contributed by atoms with Crippen LogP contribution in [0, 0.1) is 0 Å². The number of rotatable bonds is 8. The number of nitrogens with zero attached hydrogens (tertiary/aromatic N) is 3. The first-order valence-electron chi connectivity index (χ1n) is 9.66. The van der Waals surface area contributed by atoms with Crippen LogP contribution in [0.1, 0.15) is 36.8 Å². The van der Waals surface area contributed by atoms with Crippen LogP contribution in [-0.2, 0) is 18.5 Å². The molecule has 0 atom stereocenters. The van der Waals surface area contributed by atoms with Gasteiger partial charge in [0.1, 0.15) is 0 Å². The van der Waals surface area contributed by atoms with E-state index >= 15 is 0 Å². The minimum absolute atomic E-state index is 0.0688. The number of nitrogens with one attached hydrogen (secondary N) is 2. The summed E-state index contributed by atoms with van der Waals surface area (Å²) in [6.45, 7) is 9.78. The van der Waals surface area contributed by atoms with Crippen LogP contribution in [0.4, 0.5) is 0 Å². The minimum atomic E-state index is 0.0688. The van der Waals surface area contributed by atoms with Gasteiger partial charge in [0.05, 0.1) is 12.9 Å². The number of aromatic nitrogens is 2. The topological polar surface area (TPSA) is 54.2 Å². The fourth-order valence-electron chi connectivity index (χ4n) is 2.91. The van der Waals surface area contributed by atoms with Crippen molar-refractivity contribution in [2.24, 2.45) is 4.99 Å². The second kappa shape index (κ2) is 9.55. The van der Waals surface area contributed by atoms with Gasteiger partial charge in [-0.1, -0.05) is 44.2 Å². The van der Waals surface area contributed by atoms with Crippen LogP contribution in [0.25, 0.3) is 0 Å². The Balaban J connectivity index is 1.57. The van der Waals surface area contributed by atoms with Crippen molar-refractivity contribution in [1.82, 2.24) is 20.2 Å². The van der Waals surface area contributed by atoms with E-state index in [0.29, 0.717) is 6.54 Å². The molecule has 1 aromatic carbocycles. The van der Waals surface area contributed by atoms with E-state index in [1.165, 1.54) is 16.0 Å². The van der Waals surface area contributed by atoms with E-state index < -0.39 is 0 Å². The monoisotopic (exact) mass is 395 g/mol. The molecule has 2 heterocycles. The number of hydrogen-bond acceptors (Lipinski definition) is 3. The fraction of sp³-hybridized carbons (Fsp3) is 0.364. The standard InChI is InChI=1S/C22H29N5S/c1-4-24-21(26-16-22(2,3)20-6-5-13-28-20)25-14-18-7-9-19(10-8-18)15-27-12-11-23-17-27/h5-13,17H,4,14-16H2,1-3H3,(H2,24,25,26). The van der Waals surface area contributed by atoms with Crippen LogP contribution >= 0.6 is 11.3 Å². The maximum absolute atomic E-state index is 4.76.